The Labute approximate surface area is 147 Å². The van der Waals surface area contributed by atoms with Crippen molar-refractivity contribution in [3.05, 3.63) is 54.0 Å². The summed E-state index contributed by atoms with van der Waals surface area (Å²) in [6, 6.07) is 9.60. The van der Waals surface area contributed by atoms with Crippen molar-refractivity contribution in [2.75, 3.05) is 13.1 Å². The average molecular weight is 362 g/mol. The summed E-state index contributed by atoms with van der Waals surface area (Å²) < 4.78 is 32.5. The highest BCUT2D eigenvalue weighted by atomic mass is 32.2. The standard InChI is InChI=1S/C18H22N2O4S/c21-18(20-10-3-1-2-4-11-20)15-7-5-9-17(13-15)25(22,23)19-14-16-8-6-12-24-16/h5-9,12-13,19H,1-4,10-11,14H2. The maximum Gasteiger partial charge on any atom is 0.253 e. The van der Waals surface area contributed by atoms with E-state index in [0.717, 1.165) is 38.8 Å². The second-order valence-electron chi connectivity index (χ2n) is 6.14. The molecule has 1 fully saturated rings. The highest BCUT2D eigenvalue weighted by Crippen LogP contribution is 2.17. The average Bonchev–Trinajstić information content (AvgIpc) is 3.00. The Bertz CT molecular complexity index is 807. The van der Waals surface area contributed by atoms with Crippen LogP contribution >= 0.6 is 0 Å². The SMILES string of the molecule is O=C(c1cccc(S(=O)(=O)NCc2ccco2)c1)N1CCCCCC1. The quantitative estimate of drug-likeness (QED) is 0.887. The Morgan fingerprint density at radius 2 is 1.84 bits per heavy atom. The fourth-order valence-corrected chi connectivity index (χ4v) is 3.95. The largest absolute Gasteiger partial charge is 0.468 e. The van der Waals surface area contributed by atoms with Gasteiger partial charge in [0.2, 0.25) is 10.0 Å². The van der Waals surface area contributed by atoms with E-state index < -0.39 is 10.0 Å². The first-order valence-corrected chi connectivity index (χ1v) is 9.96. The number of nitrogens with zero attached hydrogens (tertiary/aromatic N) is 1. The lowest BCUT2D eigenvalue weighted by Gasteiger charge is -2.20. The molecule has 1 aliphatic heterocycles. The number of hydrogen-bond donors (Lipinski definition) is 1. The molecule has 0 atom stereocenters. The fourth-order valence-electron chi connectivity index (χ4n) is 2.92. The zero-order valence-electron chi connectivity index (χ0n) is 14.0. The Morgan fingerprint density at radius 1 is 1.08 bits per heavy atom. The number of carbonyl (C=O) groups excluding carboxylic acids is 1. The highest BCUT2D eigenvalue weighted by Gasteiger charge is 2.20. The lowest BCUT2D eigenvalue weighted by molar-refractivity contribution is 0.0761. The Morgan fingerprint density at radius 3 is 2.52 bits per heavy atom. The molecule has 0 radical (unpaired) electrons. The van der Waals surface area contributed by atoms with E-state index in [9.17, 15) is 13.2 Å². The number of likely N-dealkylation sites (tertiary alicyclic amines) is 1. The molecule has 1 N–H and O–H groups in total. The molecule has 3 rings (SSSR count). The van der Waals surface area contributed by atoms with Crippen LogP contribution in [0.3, 0.4) is 0 Å². The molecule has 6 nitrogen and oxygen atoms in total. The van der Waals surface area contributed by atoms with Crippen LogP contribution in [0.5, 0.6) is 0 Å². The summed E-state index contributed by atoms with van der Waals surface area (Å²) in [5.41, 5.74) is 0.405. The summed E-state index contributed by atoms with van der Waals surface area (Å²) in [7, 11) is -3.71. The molecule has 0 bridgehead atoms. The number of furan rings is 1. The Kier molecular flexibility index (Phi) is 5.55. The van der Waals surface area contributed by atoms with Crippen molar-refractivity contribution in [1.82, 2.24) is 9.62 Å². The maximum atomic E-state index is 12.7. The van der Waals surface area contributed by atoms with Crippen LogP contribution in [0.25, 0.3) is 0 Å². The zero-order valence-corrected chi connectivity index (χ0v) is 14.8. The van der Waals surface area contributed by atoms with E-state index in [4.69, 9.17) is 4.42 Å². The van der Waals surface area contributed by atoms with Crippen molar-refractivity contribution in [3.8, 4) is 0 Å². The van der Waals surface area contributed by atoms with Crippen molar-refractivity contribution >= 4 is 15.9 Å². The topological polar surface area (TPSA) is 79.6 Å². The molecule has 1 saturated heterocycles. The van der Waals surface area contributed by atoms with Crippen molar-refractivity contribution in [2.45, 2.75) is 37.1 Å². The summed E-state index contributed by atoms with van der Waals surface area (Å²) in [6.45, 7) is 1.53. The third kappa shape index (κ3) is 4.49. The number of nitrogens with one attached hydrogen (secondary N) is 1. The van der Waals surface area contributed by atoms with Gasteiger partial charge in [-0.1, -0.05) is 18.9 Å². The molecule has 1 amide bonds. The minimum Gasteiger partial charge on any atom is -0.468 e. The van der Waals surface area contributed by atoms with Gasteiger partial charge in [0.25, 0.3) is 5.91 Å². The highest BCUT2D eigenvalue weighted by molar-refractivity contribution is 7.89. The first-order valence-electron chi connectivity index (χ1n) is 8.48. The van der Waals surface area contributed by atoms with E-state index in [-0.39, 0.29) is 17.3 Å². The number of rotatable bonds is 5. The monoisotopic (exact) mass is 362 g/mol. The van der Waals surface area contributed by atoms with Gasteiger partial charge in [-0.05, 0) is 43.2 Å². The molecule has 0 unspecified atom stereocenters. The molecule has 2 aromatic rings. The Balaban J connectivity index is 1.74. The lowest BCUT2D eigenvalue weighted by atomic mass is 10.2. The molecule has 134 valence electrons. The van der Waals surface area contributed by atoms with Crippen LogP contribution in [0.4, 0.5) is 0 Å². The van der Waals surface area contributed by atoms with E-state index in [2.05, 4.69) is 4.72 Å². The number of hydrogen-bond acceptors (Lipinski definition) is 4. The van der Waals surface area contributed by atoms with E-state index in [1.54, 1.807) is 24.3 Å². The minimum atomic E-state index is -3.71. The van der Waals surface area contributed by atoms with Crippen LogP contribution in [0.15, 0.2) is 52.0 Å². The zero-order chi connectivity index (χ0) is 17.7. The predicted octanol–water partition coefficient (Wildman–Crippen LogP) is 2.77. The summed E-state index contributed by atoms with van der Waals surface area (Å²) in [5, 5.41) is 0. The summed E-state index contributed by atoms with van der Waals surface area (Å²) >= 11 is 0. The number of benzene rings is 1. The summed E-state index contributed by atoms with van der Waals surface area (Å²) in [5.74, 6) is 0.422. The molecule has 0 saturated carbocycles. The van der Waals surface area contributed by atoms with Gasteiger partial charge in [0.15, 0.2) is 0 Å². The van der Waals surface area contributed by atoms with Gasteiger partial charge in [0.05, 0.1) is 17.7 Å². The molecule has 2 heterocycles. The van der Waals surface area contributed by atoms with Gasteiger partial charge in [-0.3, -0.25) is 4.79 Å². The number of carbonyl (C=O) groups is 1. The molecule has 1 aliphatic rings. The number of amides is 1. The second-order valence-corrected chi connectivity index (χ2v) is 7.91. The maximum absolute atomic E-state index is 12.7. The van der Waals surface area contributed by atoms with Gasteiger partial charge in [-0.25, -0.2) is 13.1 Å². The van der Waals surface area contributed by atoms with Crippen LogP contribution in [0, 0.1) is 0 Å². The van der Waals surface area contributed by atoms with Crippen LogP contribution in [0.2, 0.25) is 0 Å². The van der Waals surface area contributed by atoms with Crippen LogP contribution in [-0.4, -0.2) is 32.3 Å². The minimum absolute atomic E-state index is 0.0691. The second kappa shape index (κ2) is 7.84. The van der Waals surface area contributed by atoms with Crippen molar-refractivity contribution in [1.29, 1.82) is 0 Å². The lowest BCUT2D eigenvalue weighted by Crippen LogP contribution is -2.32. The molecule has 1 aromatic carbocycles. The van der Waals surface area contributed by atoms with Crippen molar-refractivity contribution in [3.63, 3.8) is 0 Å². The van der Waals surface area contributed by atoms with Crippen molar-refractivity contribution in [2.24, 2.45) is 0 Å². The summed E-state index contributed by atoms with van der Waals surface area (Å²) in [4.78, 5) is 14.6. The Hall–Kier alpha value is -2.12. The van der Waals surface area contributed by atoms with E-state index >= 15 is 0 Å². The third-order valence-electron chi connectivity index (χ3n) is 4.30. The third-order valence-corrected chi connectivity index (χ3v) is 5.70. The van der Waals surface area contributed by atoms with Crippen LogP contribution in [0.1, 0.15) is 41.8 Å². The van der Waals surface area contributed by atoms with E-state index in [1.807, 2.05) is 4.90 Å². The molecule has 25 heavy (non-hydrogen) atoms. The molecule has 1 aromatic heterocycles. The molecule has 7 heteroatoms. The normalized spacial score (nSPS) is 15.8. The predicted molar refractivity (Wildman–Crippen MR) is 93.5 cm³/mol. The van der Waals surface area contributed by atoms with Gasteiger partial charge >= 0.3 is 0 Å². The first kappa shape index (κ1) is 17.7. The van der Waals surface area contributed by atoms with E-state index in [0.29, 0.717) is 11.3 Å². The van der Waals surface area contributed by atoms with Crippen LogP contribution < -0.4 is 4.72 Å². The van der Waals surface area contributed by atoms with Gasteiger partial charge in [-0.15, -0.1) is 0 Å². The van der Waals surface area contributed by atoms with Gasteiger partial charge in [-0.2, -0.15) is 0 Å². The molecular weight excluding hydrogens is 340 g/mol. The van der Waals surface area contributed by atoms with Crippen LogP contribution in [-0.2, 0) is 16.6 Å². The molecule has 0 spiro atoms. The first-order chi connectivity index (χ1) is 12.1. The number of sulfonamides is 1. The molecular formula is C18H22N2O4S. The van der Waals surface area contributed by atoms with Gasteiger partial charge < -0.3 is 9.32 Å². The molecule has 0 aliphatic carbocycles. The summed E-state index contributed by atoms with van der Waals surface area (Å²) in [6.07, 6.45) is 5.75. The fraction of sp³-hybridized carbons (Fsp3) is 0.389. The van der Waals surface area contributed by atoms with Gasteiger partial charge in [0.1, 0.15) is 5.76 Å². The van der Waals surface area contributed by atoms with E-state index in [1.165, 1.54) is 18.4 Å². The van der Waals surface area contributed by atoms with Crippen molar-refractivity contribution < 1.29 is 17.6 Å². The smallest absolute Gasteiger partial charge is 0.253 e. The van der Waals surface area contributed by atoms with Gasteiger partial charge in [0, 0.05) is 18.7 Å².